The molecule has 2 atom stereocenters. The molecular weight excluding hydrogens is 266 g/mol. The molecule has 4 nitrogen and oxygen atoms in total. The number of ketones is 1. The van der Waals surface area contributed by atoms with Crippen molar-refractivity contribution >= 4 is 12.3 Å². The number of nitrogens with zero attached hydrogens (tertiary/aromatic N) is 1. The van der Waals surface area contributed by atoms with Gasteiger partial charge in [-0.1, -0.05) is 19.3 Å². The van der Waals surface area contributed by atoms with Gasteiger partial charge in [-0.3, -0.25) is 9.59 Å². The van der Waals surface area contributed by atoms with Gasteiger partial charge in [0, 0.05) is 6.20 Å². The standard InChI is InChI=1S/C12H17NO.C5H10O2/c1-12(9-5-3-2-4-6-9)11-10(14)7-8-13(11)12;1-5(2,3)7-4-6/h7-9,11H,2-6H2,1H3;4H,1-3H3. The minimum atomic E-state index is -0.318. The molecule has 1 aliphatic carbocycles. The summed E-state index contributed by atoms with van der Waals surface area (Å²) >= 11 is 0. The Morgan fingerprint density at radius 3 is 2.29 bits per heavy atom. The molecule has 1 saturated heterocycles. The molecule has 21 heavy (non-hydrogen) atoms. The number of fused-ring (bicyclic) bond motifs is 1. The highest BCUT2D eigenvalue weighted by atomic mass is 16.5. The quantitative estimate of drug-likeness (QED) is 0.580. The third-order valence-electron chi connectivity index (χ3n) is 4.82. The van der Waals surface area contributed by atoms with Gasteiger partial charge in [0.25, 0.3) is 6.47 Å². The molecule has 2 unspecified atom stereocenters. The number of ether oxygens (including phenoxy) is 1. The number of rotatable bonds is 2. The molecule has 4 heteroatoms. The van der Waals surface area contributed by atoms with E-state index in [1.165, 1.54) is 32.1 Å². The van der Waals surface area contributed by atoms with Crippen LogP contribution in [-0.2, 0) is 14.3 Å². The van der Waals surface area contributed by atoms with Crippen LogP contribution >= 0.6 is 0 Å². The molecule has 0 bridgehead atoms. The third kappa shape index (κ3) is 3.30. The van der Waals surface area contributed by atoms with E-state index in [-0.39, 0.29) is 17.2 Å². The molecule has 0 aromatic rings. The Balaban J connectivity index is 0.000000199. The predicted octanol–water partition coefficient (Wildman–Crippen LogP) is 3.06. The van der Waals surface area contributed by atoms with Crippen molar-refractivity contribution in [3.05, 3.63) is 12.3 Å². The van der Waals surface area contributed by atoms with Gasteiger partial charge >= 0.3 is 0 Å². The summed E-state index contributed by atoms with van der Waals surface area (Å²) in [6.45, 7) is 8.19. The van der Waals surface area contributed by atoms with Crippen LogP contribution in [0.25, 0.3) is 0 Å². The van der Waals surface area contributed by atoms with Crippen LogP contribution in [0.2, 0.25) is 0 Å². The van der Waals surface area contributed by atoms with Crippen LogP contribution in [0.3, 0.4) is 0 Å². The van der Waals surface area contributed by atoms with Crippen molar-refractivity contribution in [3.63, 3.8) is 0 Å². The van der Waals surface area contributed by atoms with Crippen LogP contribution < -0.4 is 0 Å². The third-order valence-corrected chi connectivity index (χ3v) is 4.82. The molecule has 0 radical (unpaired) electrons. The Labute approximate surface area is 127 Å². The Kier molecular flexibility index (Phi) is 4.45. The summed E-state index contributed by atoms with van der Waals surface area (Å²) in [4.78, 5) is 23.4. The van der Waals surface area contributed by atoms with Gasteiger partial charge in [-0.25, -0.2) is 0 Å². The molecule has 2 aliphatic heterocycles. The lowest BCUT2D eigenvalue weighted by Gasteiger charge is -2.28. The van der Waals surface area contributed by atoms with Crippen LogP contribution in [0, 0.1) is 5.92 Å². The second kappa shape index (κ2) is 5.82. The summed E-state index contributed by atoms with van der Waals surface area (Å²) in [5, 5.41) is 0. The molecule has 0 N–H and O–H groups in total. The van der Waals surface area contributed by atoms with E-state index >= 15 is 0 Å². The second-order valence-corrected chi connectivity index (χ2v) is 7.42. The molecule has 3 rings (SSSR count). The first kappa shape index (κ1) is 16.1. The van der Waals surface area contributed by atoms with E-state index in [1.54, 1.807) is 6.08 Å². The van der Waals surface area contributed by atoms with Crippen LogP contribution in [0.4, 0.5) is 0 Å². The topological polar surface area (TPSA) is 46.4 Å². The highest BCUT2D eigenvalue weighted by molar-refractivity contribution is 6.01. The SMILES string of the molecule is CC(C)(C)OC=O.CC1(C2CCCCC2)C2C(=O)C=CN21. The van der Waals surface area contributed by atoms with E-state index in [2.05, 4.69) is 16.6 Å². The number of carbonyl (C=O) groups is 2. The predicted molar refractivity (Wildman–Crippen MR) is 81.7 cm³/mol. The zero-order chi connectivity index (χ0) is 15.7. The summed E-state index contributed by atoms with van der Waals surface area (Å²) in [6.07, 6.45) is 10.5. The normalized spacial score (nSPS) is 31.3. The summed E-state index contributed by atoms with van der Waals surface area (Å²) in [6, 6.07) is 0.214. The van der Waals surface area contributed by atoms with E-state index in [1.807, 2.05) is 27.0 Å². The Morgan fingerprint density at radius 2 is 1.90 bits per heavy atom. The van der Waals surface area contributed by atoms with Crippen LogP contribution in [0.15, 0.2) is 12.3 Å². The average molecular weight is 293 g/mol. The van der Waals surface area contributed by atoms with E-state index in [9.17, 15) is 9.59 Å². The van der Waals surface area contributed by atoms with E-state index in [0.717, 1.165) is 5.92 Å². The zero-order valence-corrected chi connectivity index (χ0v) is 13.6. The first-order chi connectivity index (χ1) is 9.80. The molecule has 118 valence electrons. The van der Waals surface area contributed by atoms with E-state index in [0.29, 0.717) is 12.3 Å². The van der Waals surface area contributed by atoms with Gasteiger partial charge in [-0.15, -0.1) is 0 Å². The van der Waals surface area contributed by atoms with Crippen molar-refractivity contribution in [3.8, 4) is 0 Å². The zero-order valence-electron chi connectivity index (χ0n) is 13.6. The Bertz CT molecular complexity index is 432. The van der Waals surface area contributed by atoms with Crippen LogP contribution in [0.5, 0.6) is 0 Å². The van der Waals surface area contributed by atoms with Gasteiger partial charge in [-0.2, -0.15) is 0 Å². The van der Waals surface area contributed by atoms with Crippen molar-refractivity contribution in [1.82, 2.24) is 4.90 Å². The summed E-state index contributed by atoms with van der Waals surface area (Å²) in [7, 11) is 0. The largest absolute Gasteiger partial charge is 0.462 e. The molecule has 0 amide bonds. The van der Waals surface area contributed by atoms with Crippen molar-refractivity contribution in [2.24, 2.45) is 5.92 Å². The maximum absolute atomic E-state index is 11.5. The van der Waals surface area contributed by atoms with Crippen molar-refractivity contribution in [2.45, 2.75) is 77.0 Å². The fourth-order valence-electron chi connectivity index (χ4n) is 3.61. The molecule has 0 spiro atoms. The monoisotopic (exact) mass is 293 g/mol. The summed E-state index contributed by atoms with van der Waals surface area (Å²) in [5.41, 5.74) is -0.117. The first-order valence-electron chi connectivity index (χ1n) is 7.92. The molecule has 2 heterocycles. The van der Waals surface area contributed by atoms with E-state index in [4.69, 9.17) is 0 Å². The van der Waals surface area contributed by atoms with Crippen molar-refractivity contribution in [1.29, 1.82) is 0 Å². The van der Waals surface area contributed by atoms with Crippen LogP contribution in [-0.4, -0.2) is 34.3 Å². The molecule has 0 aromatic carbocycles. The van der Waals surface area contributed by atoms with Gasteiger partial charge in [-0.05, 0) is 52.5 Å². The Morgan fingerprint density at radius 1 is 1.29 bits per heavy atom. The number of hydrogen-bond donors (Lipinski definition) is 0. The fourth-order valence-corrected chi connectivity index (χ4v) is 3.61. The van der Waals surface area contributed by atoms with Crippen molar-refractivity contribution in [2.75, 3.05) is 0 Å². The molecule has 1 saturated carbocycles. The summed E-state index contributed by atoms with van der Waals surface area (Å²) in [5.74, 6) is 1.09. The minimum absolute atomic E-state index is 0.201. The van der Waals surface area contributed by atoms with Gasteiger partial charge in [0.2, 0.25) is 0 Å². The maximum atomic E-state index is 11.5. The van der Waals surface area contributed by atoms with Gasteiger partial charge in [0.05, 0.1) is 5.54 Å². The lowest BCUT2D eigenvalue weighted by Crippen LogP contribution is -2.30. The fraction of sp³-hybridized carbons (Fsp3) is 0.765. The minimum Gasteiger partial charge on any atom is -0.462 e. The second-order valence-electron chi connectivity index (χ2n) is 7.42. The van der Waals surface area contributed by atoms with Gasteiger partial charge in [0.15, 0.2) is 5.78 Å². The lowest BCUT2D eigenvalue weighted by molar-refractivity contribution is -0.138. The number of carbonyl (C=O) groups excluding carboxylic acids is 2. The van der Waals surface area contributed by atoms with Gasteiger partial charge < -0.3 is 9.64 Å². The lowest BCUT2D eigenvalue weighted by atomic mass is 9.78. The maximum Gasteiger partial charge on any atom is 0.293 e. The highest BCUT2D eigenvalue weighted by Gasteiger charge is 2.66. The number of hydrogen-bond acceptors (Lipinski definition) is 4. The van der Waals surface area contributed by atoms with E-state index < -0.39 is 0 Å². The first-order valence-corrected chi connectivity index (χ1v) is 7.92. The van der Waals surface area contributed by atoms with Gasteiger partial charge in [0.1, 0.15) is 11.6 Å². The Hall–Kier alpha value is -1.32. The summed E-state index contributed by atoms with van der Waals surface area (Å²) < 4.78 is 4.55. The van der Waals surface area contributed by atoms with Crippen LogP contribution in [0.1, 0.15) is 59.8 Å². The van der Waals surface area contributed by atoms with Crippen molar-refractivity contribution < 1.29 is 14.3 Å². The molecule has 0 aromatic heterocycles. The molecule has 2 fully saturated rings. The average Bonchev–Trinajstić information content (AvgIpc) is 2.81. The smallest absolute Gasteiger partial charge is 0.293 e. The molecule has 3 aliphatic rings. The highest BCUT2D eigenvalue weighted by Crippen LogP contribution is 2.54. The molecular formula is C17H27NO3.